The maximum absolute atomic E-state index is 5.86. The smallest absolute Gasteiger partial charge is 0.248 e. The molecule has 3 heterocycles. The zero-order chi connectivity index (χ0) is 18.1. The predicted molar refractivity (Wildman–Crippen MR) is 95.6 cm³/mol. The molecule has 2 aromatic carbocycles. The van der Waals surface area contributed by atoms with Crippen molar-refractivity contribution in [3.63, 3.8) is 0 Å². The van der Waals surface area contributed by atoms with Crippen LogP contribution in [-0.4, -0.2) is 48.8 Å². The Labute approximate surface area is 155 Å². The Morgan fingerprint density at radius 3 is 1.70 bits per heavy atom. The molecule has 0 saturated carbocycles. The zero-order valence-corrected chi connectivity index (χ0v) is 14.5. The second kappa shape index (κ2) is 7.02. The van der Waals surface area contributed by atoms with Crippen LogP contribution in [0.2, 0.25) is 0 Å². The quantitative estimate of drug-likeness (QED) is 0.567. The highest BCUT2D eigenvalue weighted by Gasteiger charge is 2.24. The lowest BCUT2D eigenvalue weighted by Crippen LogP contribution is -2.03. The van der Waals surface area contributed by atoms with E-state index in [0.29, 0.717) is 25.0 Å². The SMILES string of the molecule is c1cc(OC[C@@H]2CO2)cc(-c2nnc(-c3cccc(OC[C@H]4CO4)c3)o2)c1. The topological polar surface area (TPSA) is 82.4 Å². The summed E-state index contributed by atoms with van der Waals surface area (Å²) in [5.41, 5.74) is 1.61. The predicted octanol–water partition coefficient (Wildman–Crippen LogP) is 2.96. The number of nitrogens with zero attached hydrogens (tertiary/aromatic N) is 2. The van der Waals surface area contributed by atoms with Crippen LogP contribution in [0.1, 0.15) is 0 Å². The average molecular weight is 366 g/mol. The monoisotopic (exact) mass is 366 g/mol. The second-order valence-corrected chi connectivity index (χ2v) is 6.50. The van der Waals surface area contributed by atoms with Gasteiger partial charge in [0.15, 0.2) is 0 Å². The highest BCUT2D eigenvalue weighted by Crippen LogP contribution is 2.28. The van der Waals surface area contributed by atoms with Crippen molar-refractivity contribution in [1.29, 1.82) is 0 Å². The van der Waals surface area contributed by atoms with Crippen LogP contribution in [0.5, 0.6) is 11.5 Å². The van der Waals surface area contributed by atoms with E-state index in [4.69, 9.17) is 23.4 Å². The third kappa shape index (κ3) is 4.10. The lowest BCUT2D eigenvalue weighted by molar-refractivity contribution is 0.263. The molecule has 7 heteroatoms. The van der Waals surface area contributed by atoms with Crippen LogP contribution in [0.15, 0.2) is 52.9 Å². The first-order valence-corrected chi connectivity index (χ1v) is 8.87. The van der Waals surface area contributed by atoms with Crippen LogP contribution in [0, 0.1) is 0 Å². The fourth-order valence-electron chi connectivity index (χ4n) is 2.60. The lowest BCUT2D eigenvalue weighted by atomic mass is 10.2. The first-order valence-electron chi connectivity index (χ1n) is 8.87. The van der Waals surface area contributed by atoms with Crippen molar-refractivity contribution in [3.8, 4) is 34.4 Å². The van der Waals surface area contributed by atoms with Gasteiger partial charge in [-0.2, -0.15) is 0 Å². The Morgan fingerprint density at radius 2 is 1.26 bits per heavy atom. The van der Waals surface area contributed by atoms with Gasteiger partial charge in [-0.1, -0.05) is 12.1 Å². The van der Waals surface area contributed by atoms with E-state index in [-0.39, 0.29) is 12.2 Å². The number of ether oxygens (including phenoxy) is 4. The summed E-state index contributed by atoms with van der Waals surface area (Å²) >= 11 is 0. The van der Waals surface area contributed by atoms with Crippen molar-refractivity contribution < 1.29 is 23.4 Å². The van der Waals surface area contributed by atoms with Gasteiger partial charge in [0.1, 0.15) is 36.9 Å². The van der Waals surface area contributed by atoms with E-state index < -0.39 is 0 Å². The highest BCUT2D eigenvalue weighted by molar-refractivity contribution is 5.60. The van der Waals surface area contributed by atoms with E-state index in [1.54, 1.807) is 0 Å². The summed E-state index contributed by atoms with van der Waals surface area (Å²) in [5.74, 6) is 2.38. The van der Waals surface area contributed by atoms with Gasteiger partial charge in [0.2, 0.25) is 11.8 Å². The number of hydrogen-bond donors (Lipinski definition) is 0. The number of hydrogen-bond acceptors (Lipinski definition) is 7. The minimum Gasteiger partial charge on any atom is -0.491 e. The fourth-order valence-corrected chi connectivity index (χ4v) is 2.60. The van der Waals surface area contributed by atoms with Gasteiger partial charge in [-0.3, -0.25) is 0 Å². The Bertz CT molecular complexity index is 859. The van der Waals surface area contributed by atoms with Crippen molar-refractivity contribution in [2.24, 2.45) is 0 Å². The summed E-state index contributed by atoms with van der Waals surface area (Å²) in [6.07, 6.45) is 0.425. The van der Waals surface area contributed by atoms with Gasteiger partial charge in [-0.25, -0.2) is 0 Å². The molecule has 2 aliphatic rings. The van der Waals surface area contributed by atoms with E-state index in [1.165, 1.54) is 0 Å². The first kappa shape index (κ1) is 16.3. The molecule has 0 unspecified atom stereocenters. The number of aromatic nitrogens is 2. The fraction of sp³-hybridized carbons (Fsp3) is 0.300. The standard InChI is InChI=1S/C20H18N2O5/c1-3-13(7-15(5-1)23-9-17-11-25-17)19-21-22-20(27-19)14-4-2-6-16(8-14)24-10-18-12-26-18/h1-8,17-18H,9-12H2/t17-,18+. The molecule has 2 fully saturated rings. The van der Waals surface area contributed by atoms with Crippen LogP contribution >= 0.6 is 0 Å². The summed E-state index contributed by atoms with van der Waals surface area (Å²) < 4.78 is 27.6. The summed E-state index contributed by atoms with van der Waals surface area (Å²) in [6.45, 7) is 2.64. The number of benzene rings is 2. The molecule has 2 atom stereocenters. The molecule has 0 bridgehead atoms. The van der Waals surface area contributed by atoms with Crippen LogP contribution in [-0.2, 0) is 9.47 Å². The zero-order valence-electron chi connectivity index (χ0n) is 14.5. The molecule has 0 spiro atoms. The molecule has 0 aliphatic carbocycles. The molecule has 27 heavy (non-hydrogen) atoms. The van der Waals surface area contributed by atoms with Crippen LogP contribution in [0.25, 0.3) is 22.9 Å². The molecular formula is C20H18N2O5. The van der Waals surface area contributed by atoms with E-state index >= 15 is 0 Å². The van der Waals surface area contributed by atoms with Crippen LogP contribution in [0.3, 0.4) is 0 Å². The summed E-state index contributed by atoms with van der Waals surface area (Å²) in [7, 11) is 0. The van der Waals surface area contributed by atoms with E-state index in [1.807, 2.05) is 48.5 Å². The van der Waals surface area contributed by atoms with Crippen molar-refractivity contribution in [2.75, 3.05) is 26.4 Å². The Hall–Kier alpha value is -2.90. The highest BCUT2D eigenvalue weighted by atomic mass is 16.6. The van der Waals surface area contributed by atoms with Gasteiger partial charge in [0, 0.05) is 11.1 Å². The molecule has 3 aromatic rings. The molecule has 2 aliphatic heterocycles. The van der Waals surface area contributed by atoms with Crippen molar-refractivity contribution in [1.82, 2.24) is 10.2 Å². The molecule has 138 valence electrons. The van der Waals surface area contributed by atoms with Gasteiger partial charge in [0.05, 0.1) is 13.2 Å². The van der Waals surface area contributed by atoms with Crippen LogP contribution in [0.4, 0.5) is 0 Å². The van der Waals surface area contributed by atoms with Gasteiger partial charge in [-0.05, 0) is 36.4 Å². The number of rotatable bonds is 8. The third-order valence-corrected chi connectivity index (χ3v) is 4.26. The summed E-state index contributed by atoms with van der Waals surface area (Å²) in [6, 6.07) is 15.2. The van der Waals surface area contributed by atoms with Crippen molar-refractivity contribution in [2.45, 2.75) is 12.2 Å². The molecule has 0 amide bonds. The van der Waals surface area contributed by atoms with Gasteiger partial charge < -0.3 is 23.4 Å². The minimum atomic E-state index is 0.213. The molecule has 0 radical (unpaired) electrons. The van der Waals surface area contributed by atoms with Gasteiger partial charge in [0.25, 0.3) is 0 Å². The maximum Gasteiger partial charge on any atom is 0.248 e. The van der Waals surface area contributed by atoms with Crippen molar-refractivity contribution >= 4 is 0 Å². The average Bonchev–Trinajstić information content (AvgIpc) is 3.64. The molecule has 0 N–H and O–H groups in total. The van der Waals surface area contributed by atoms with Crippen LogP contribution < -0.4 is 9.47 Å². The first-order chi connectivity index (χ1) is 13.3. The Morgan fingerprint density at radius 1 is 0.778 bits per heavy atom. The van der Waals surface area contributed by atoms with Gasteiger partial charge in [-0.15, -0.1) is 10.2 Å². The maximum atomic E-state index is 5.86. The molecule has 5 rings (SSSR count). The summed E-state index contributed by atoms with van der Waals surface area (Å²) in [4.78, 5) is 0. The van der Waals surface area contributed by atoms with E-state index in [2.05, 4.69) is 10.2 Å². The van der Waals surface area contributed by atoms with Gasteiger partial charge >= 0.3 is 0 Å². The summed E-state index contributed by atoms with van der Waals surface area (Å²) in [5, 5.41) is 8.34. The molecular weight excluding hydrogens is 348 g/mol. The third-order valence-electron chi connectivity index (χ3n) is 4.26. The lowest BCUT2D eigenvalue weighted by Gasteiger charge is -2.05. The van der Waals surface area contributed by atoms with E-state index in [9.17, 15) is 0 Å². The normalized spacial score (nSPS) is 20.3. The van der Waals surface area contributed by atoms with E-state index in [0.717, 1.165) is 35.8 Å². The Kier molecular flexibility index (Phi) is 4.23. The molecule has 7 nitrogen and oxygen atoms in total. The second-order valence-electron chi connectivity index (χ2n) is 6.50. The Balaban J connectivity index is 1.31. The largest absolute Gasteiger partial charge is 0.491 e. The number of epoxide rings is 2. The molecule has 2 saturated heterocycles. The molecule has 1 aromatic heterocycles. The minimum absolute atomic E-state index is 0.213. The van der Waals surface area contributed by atoms with Crippen molar-refractivity contribution in [3.05, 3.63) is 48.5 Å².